The van der Waals surface area contributed by atoms with Gasteiger partial charge in [0.1, 0.15) is 0 Å². The first kappa shape index (κ1) is 17.8. The van der Waals surface area contributed by atoms with Crippen LogP contribution in [0.4, 0.5) is 5.69 Å². The molecule has 0 spiro atoms. The maximum absolute atomic E-state index is 12.7. The number of rotatable bonds is 3. The number of amides is 1. The van der Waals surface area contributed by atoms with Crippen LogP contribution in [0.5, 0.6) is 0 Å². The molecule has 7 heteroatoms. The Morgan fingerprint density at radius 2 is 1.68 bits per heavy atom. The van der Waals surface area contributed by atoms with E-state index in [2.05, 4.69) is 4.90 Å². The monoisotopic (exact) mass is 378 g/mol. The van der Waals surface area contributed by atoms with E-state index in [9.17, 15) is 13.2 Å². The van der Waals surface area contributed by atoms with Gasteiger partial charge in [-0.3, -0.25) is 4.79 Å². The highest BCUT2D eigenvalue weighted by Gasteiger charge is 2.23. The first-order valence-corrected chi connectivity index (χ1v) is 10.2. The van der Waals surface area contributed by atoms with E-state index in [-0.39, 0.29) is 10.8 Å². The maximum atomic E-state index is 12.7. The quantitative estimate of drug-likeness (QED) is 0.824. The molecule has 0 aliphatic carbocycles. The number of nitrogens with zero attached hydrogens (tertiary/aromatic N) is 2. The molecule has 0 aromatic heterocycles. The standard InChI is InChI=1S/C18H19ClN2O3S/c1-25(23,24)17-7-2-4-14(12-17)18(22)21-10-8-20(9-11-21)16-6-3-5-15(19)13-16/h2-7,12-13H,8-11H2,1H3. The highest BCUT2D eigenvalue weighted by Crippen LogP contribution is 2.21. The molecule has 2 aromatic rings. The number of hydrogen-bond acceptors (Lipinski definition) is 4. The van der Waals surface area contributed by atoms with Gasteiger partial charge >= 0.3 is 0 Å². The van der Waals surface area contributed by atoms with E-state index in [0.29, 0.717) is 36.8 Å². The van der Waals surface area contributed by atoms with Gasteiger partial charge in [-0.15, -0.1) is 0 Å². The van der Waals surface area contributed by atoms with Gasteiger partial charge in [0.2, 0.25) is 0 Å². The Bertz CT molecular complexity index is 891. The summed E-state index contributed by atoms with van der Waals surface area (Å²) in [6.07, 6.45) is 1.14. The first-order valence-electron chi connectivity index (χ1n) is 7.94. The highest BCUT2D eigenvalue weighted by atomic mass is 35.5. The summed E-state index contributed by atoms with van der Waals surface area (Å²) in [6.45, 7) is 2.57. The molecule has 0 bridgehead atoms. The summed E-state index contributed by atoms with van der Waals surface area (Å²) in [4.78, 5) is 16.8. The maximum Gasteiger partial charge on any atom is 0.254 e. The van der Waals surface area contributed by atoms with Crippen LogP contribution < -0.4 is 4.90 Å². The molecule has 0 N–H and O–H groups in total. The van der Waals surface area contributed by atoms with Gasteiger partial charge in [0.05, 0.1) is 4.90 Å². The van der Waals surface area contributed by atoms with Gasteiger partial charge < -0.3 is 9.80 Å². The summed E-state index contributed by atoms with van der Waals surface area (Å²) in [7, 11) is -3.33. The topological polar surface area (TPSA) is 57.7 Å². The van der Waals surface area contributed by atoms with Crippen LogP contribution in [0, 0.1) is 0 Å². The average Bonchev–Trinajstić information content (AvgIpc) is 2.61. The first-order chi connectivity index (χ1) is 11.8. The van der Waals surface area contributed by atoms with Crippen LogP contribution >= 0.6 is 11.6 Å². The summed E-state index contributed by atoms with van der Waals surface area (Å²) in [6, 6.07) is 13.9. The third-order valence-electron chi connectivity index (χ3n) is 4.25. The van der Waals surface area contributed by atoms with Crippen LogP contribution in [0.15, 0.2) is 53.4 Å². The van der Waals surface area contributed by atoms with Crippen molar-refractivity contribution in [3.63, 3.8) is 0 Å². The van der Waals surface area contributed by atoms with Gasteiger partial charge in [-0.1, -0.05) is 23.7 Å². The van der Waals surface area contributed by atoms with Crippen LogP contribution in [0.2, 0.25) is 5.02 Å². The van der Waals surface area contributed by atoms with Crippen LogP contribution in [0.25, 0.3) is 0 Å². The van der Waals surface area contributed by atoms with E-state index in [1.165, 1.54) is 12.1 Å². The summed E-state index contributed by atoms with van der Waals surface area (Å²) >= 11 is 6.03. The van der Waals surface area contributed by atoms with Crippen molar-refractivity contribution in [3.8, 4) is 0 Å². The molecule has 132 valence electrons. The minimum absolute atomic E-state index is 0.142. The zero-order valence-electron chi connectivity index (χ0n) is 13.9. The minimum Gasteiger partial charge on any atom is -0.368 e. The number of hydrogen-bond donors (Lipinski definition) is 0. The summed E-state index contributed by atoms with van der Waals surface area (Å²) in [5, 5.41) is 0.689. The number of piperazine rings is 1. The lowest BCUT2D eigenvalue weighted by Crippen LogP contribution is -2.48. The molecule has 5 nitrogen and oxygen atoms in total. The molecule has 1 aliphatic rings. The van der Waals surface area contributed by atoms with Crippen molar-refractivity contribution in [1.82, 2.24) is 4.90 Å². The van der Waals surface area contributed by atoms with Gasteiger partial charge in [-0.05, 0) is 36.4 Å². The molecule has 1 amide bonds. The molecule has 0 unspecified atom stereocenters. The van der Waals surface area contributed by atoms with Crippen molar-refractivity contribution < 1.29 is 13.2 Å². The number of halogens is 1. The van der Waals surface area contributed by atoms with E-state index in [4.69, 9.17) is 11.6 Å². The van der Waals surface area contributed by atoms with Crippen molar-refractivity contribution in [2.45, 2.75) is 4.90 Å². The second kappa shape index (κ2) is 7.06. The lowest BCUT2D eigenvalue weighted by Gasteiger charge is -2.36. The Morgan fingerprint density at radius 1 is 1.00 bits per heavy atom. The Morgan fingerprint density at radius 3 is 2.32 bits per heavy atom. The van der Waals surface area contributed by atoms with Crippen LogP contribution in [-0.2, 0) is 9.84 Å². The molecule has 1 aliphatic heterocycles. The lowest BCUT2D eigenvalue weighted by molar-refractivity contribution is 0.0746. The SMILES string of the molecule is CS(=O)(=O)c1cccc(C(=O)N2CCN(c3cccc(Cl)c3)CC2)c1. The fraction of sp³-hybridized carbons (Fsp3) is 0.278. The number of carbonyl (C=O) groups excluding carboxylic acids is 1. The van der Waals surface area contributed by atoms with Crippen molar-refractivity contribution in [2.75, 3.05) is 37.3 Å². The van der Waals surface area contributed by atoms with Gasteiger partial charge in [-0.2, -0.15) is 0 Å². The van der Waals surface area contributed by atoms with Crippen molar-refractivity contribution in [1.29, 1.82) is 0 Å². The molecular formula is C18H19ClN2O3S. The Kier molecular flexibility index (Phi) is 5.01. The van der Waals surface area contributed by atoms with Crippen molar-refractivity contribution in [2.24, 2.45) is 0 Å². The molecule has 0 radical (unpaired) electrons. The van der Waals surface area contributed by atoms with E-state index < -0.39 is 9.84 Å². The number of sulfone groups is 1. The van der Waals surface area contributed by atoms with E-state index in [0.717, 1.165) is 11.9 Å². The molecule has 25 heavy (non-hydrogen) atoms. The second-order valence-electron chi connectivity index (χ2n) is 6.06. The fourth-order valence-corrected chi connectivity index (χ4v) is 3.73. The van der Waals surface area contributed by atoms with E-state index >= 15 is 0 Å². The smallest absolute Gasteiger partial charge is 0.254 e. The zero-order chi connectivity index (χ0) is 18.0. The third-order valence-corrected chi connectivity index (χ3v) is 5.59. The van der Waals surface area contributed by atoms with Gasteiger partial charge in [0.15, 0.2) is 9.84 Å². The van der Waals surface area contributed by atoms with E-state index in [1.54, 1.807) is 17.0 Å². The van der Waals surface area contributed by atoms with Crippen molar-refractivity contribution >= 4 is 33.0 Å². The zero-order valence-corrected chi connectivity index (χ0v) is 15.4. The Balaban J connectivity index is 1.70. The molecule has 1 fully saturated rings. The molecule has 2 aromatic carbocycles. The van der Waals surface area contributed by atoms with Crippen LogP contribution in [0.3, 0.4) is 0 Å². The predicted molar refractivity (Wildman–Crippen MR) is 99.1 cm³/mol. The lowest BCUT2D eigenvalue weighted by atomic mass is 10.1. The number of benzene rings is 2. The fourth-order valence-electron chi connectivity index (χ4n) is 2.88. The third kappa shape index (κ3) is 4.14. The minimum atomic E-state index is -3.33. The largest absolute Gasteiger partial charge is 0.368 e. The summed E-state index contributed by atoms with van der Waals surface area (Å²) < 4.78 is 23.3. The second-order valence-corrected chi connectivity index (χ2v) is 8.51. The average molecular weight is 379 g/mol. The summed E-state index contributed by atoms with van der Waals surface area (Å²) in [5.41, 5.74) is 1.44. The molecule has 0 saturated carbocycles. The highest BCUT2D eigenvalue weighted by molar-refractivity contribution is 7.90. The van der Waals surface area contributed by atoms with Crippen molar-refractivity contribution in [3.05, 3.63) is 59.1 Å². The molecule has 3 rings (SSSR count). The van der Waals surface area contributed by atoms with E-state index in [1.807, 2.05) is 24.3 Å². The Hall–Kier alpha value is -2.05. The van der Waals surface area contributed by atoms with Crippen LogP contribution in [0.1, 0.15) is 10.4 Å². The molecule has 1 saturated heterocycles. The molecule has 1 heterocycles. The molecular weight excluding hydrogens is 360 g/mol. The van der Waals surface area contributed by atoms with Gasteiger partial charge in [0.25, 0.3) is 5.91 Å². The predicted octanol–water partition coefficient (Wildman–Crippen LogP) is 2.71. The normalized spacial score (nSPS) is 15.3. The van der Waals surface area contributed by atoms with Crippen LogP contribution in [-0.4, -0.2) is 51.7 Å². The van der Waals surface area contributed by atoms with Gasteiger partial charge in [0, 0.05) is 48.7 Å². The molecule has 0 atom stereocenters. The number of carbonyl (C=O) groups is 1. The summed E-state index contributed by atoms with van der Waals surface area (Å²) in [5.74, 6) is -0.142. The van der Waals surface area contributed by atoms with Gasteiger partial charge in [-0.25, -0.2) is 8.42 Å². The number of anilines is 1. The Labute approximate surface area is 152 Å².